The van der Waals surface area contributed by atoms with Crippen LogP contribution in [0.2, 0.25) is 0 Å². The molecule has 0 saturated heterocycles. The number of carbonyl (C=O) groups excluding carboxylic acids is 1. The highest BCUT2D eigenvalue weighted by molar-refractivity contribution is 7.92. The first-order chi connectivity index (χ1) is 17.0. The minimum absolute atomic E-state index is 0.0560. The molecule has 192 valence electrons. The number of sulfonamides is 1. The van der Waals surface area contributed by atoms with Crippen LogP contribution in [0.1, 0.15) is 36.3 Å². The standard InChI is InChI=1S/C25H27F2N3O5S/c1-4-34-22-13-16(12-17-14-20(17)24(31)21-10-11-28-30(21)3)8-9-23(22)36(32,33)29-18-6-5-7-19(15-18)35-25(2,26)27/h5-11,13,15,17,20,29H,4,12,14H2,1-3H3. The number of anilines is 1. The first-order valence-electron chi connectivity index (χ1n) is 11.4. The molecule has 36 heavy (non-hydrogen) atoms. The van der Waals surface area contributed by atoms with Crippen molar-refractivity contribution >= 4 is 21.5 Å². The molecule has 0 radical (unpaired) electrons. The van der Waals surface area contributed by atoms with E-state index in [0.29, 0.717) is 19.0 Å². The van der Waals surface area contributed by atoms with Crippen molar-refractivity contribution in [3.8, 4) is 11.5 Å². The molecule has 2 aromatic carbocycles. The van der Waals surface area contributed by atoms with Crippen LogP contribution in [0.4, 0.5) is 14.5 Å². The van der Waals surface area contributed by atoms with E-state index >= 15 is 0 Å². The molecule has 0 amide bonds. The Hall–Kier alpha value is -3.47. The summed E-state index contributed by atoms with van der Waals surface area (Å²) in [6.07, 6.45) is -0.454. The van der Waals surface area contributed by atoms with Crippen molar-refractivity contribution in [2.24, 2.45) is 18.9 Å². The van der Waals surface area contributed by atoms with E-state index in [-0.39, 0.29) is 46.3 Å². The van der Waals surface area contributed by atoms with Gasteiger partial charge in [-0.2, -0.15) is 13.9 Å². The van der Waals surface area contributed by atoms with Gasteiger partial charge in [-0.05, 0) is 61.6 Å². The fraction of sp³-hybridized carbons (Fsp3) is 0.360. The SMILES string of the molecule is CCOc1cc(CC2CC2C(=O)c2ccnn2C)ccc1S(=O)(=O)Nc1cccc(OC(C)(F)F)c1. The first-order valence-corrected chi connectivity index (χ1v) is 12.9. The van der Waals surface area contributed by atoms with Crippen LogP contribution in [0.25, 0.3) is 0 Å². The van der Waals surface area contributed by atoms with Gasteiger partial charge in [-0.25, -0.2) is 8.42 Å². The van der Waals surface area contributed by atoms with Gasteiger partial charge in [-0.1, -0.05) is 12.1 Å². The fourth-order valence-corrected chi connectivity index (χ4v) is 5.29. The average molecular weight is 520 g/mol. The number of benzene rings is 2. The minimum Gasteiger partial charge on any atom is -0.492 e. The number of hydrogen-bond donors (Lipinski definition) is 1. The average Bonchev–Trinajstić information content (AvgIpc) is 3.41. The van der Waals surface area contributed by atoms with Gasteiger partial charge in [0.15, 0.2) is 5.78 Å². The van der Waals surface area contributed by atoms with Crippen LogP contribution in [0, 0.1) is 11.8 Å². The molecule has 1 N–H and O–H groups in total. The lowest BCUT2D eigenvalue weighted by atomic mass is 10.0. The molecule has 4 rings (SSSR count). The second-order valence-corrected chi connectivity index (χ2v) is 10.4. The molecule has 0 bridgehead atoms. The van der Waals surface area contributed by atoms with Crippen LogP contribution in [0.15, 0.2) is 59.6 Å². The van der Waals surface area contributed by atoms with Gasteiger partial charge >= 0.3 is 6.11 Å². The van der Waals surface area contributed by atoms with Gasteiger partial charge in [0.25, 0.3) is 10.0 Å². The molecule has 1 aliphatic rings. The van der Waals surface area contributed by atoms with E-state index < -0.39 is 16.1 Å². The lowest BCUT2D eigenvalue weighted by Crippen LogP contribution is -2.19. The van der Waals surface area contributed by atoms with Gasteiger partial charge in [0.2, 0.25) is 0 Å². The molecule has 8 nitrogen and oxygen atoms in total. The Morgan fingerprint density at radius 1 is 1.22 bits per heavy atom. The summed E-state index contributed by atoms with van der Waals surface area (Å²) in [6.45, 7) is 2.58. The molecule has 2 unspecified atom stereocenters. The summed E-state index contributed by atoms with van der Waals surface area (Å²) in [5.74, 6) is 0.112. The largest absolute Gasteiger partial charge is 0.492 e. The minimum atomic E-state index is -4.10. The normalized spacial score (nSPS) is 17.5. The predicted octanol–water partition coefficient (Wildman–Crippen LogP) is 4.67. The zero-order valence-electron chi connectivity index (χ0n) is 20.1. The van der Waals surface area contributed by atoms with Gasteiger partial charge in [0.05, 0.1) is 12.3 Å². The molecule has 1 aliphatic carbocycles. The number of nitrogens with one attached hydrogen (secondary N) is 1. The van der Waals surface area contributed by atoms with E-state index in [9.17, 15) is 22.0 Å². The molecule has 1 saturated carbocycles. The maximum absolute atomic E-state index is 13.2. The second kappa shape index (κ2) is 9.88. The zero-order valence-corrected chi connectivity index (χ0v) is 20.9. The quantitative estimate of drug-likeness (QED) is 0.370. The number of Topliss-reactive ketones (excluding diaryl/α,β-unsaturated/α-hetero) is 1. The van der Waals surface area contributed by atoms with Gasteiger partial charge in [0, 0.05) is 32.2 Å². The van der Waals surface area contributed by atoms with E-state index in [1.165, 1.54) is 30.3 Å². The smallest absolute Gasteiger partial charge is 0.394 e. The summed E-state index contributed by atoms with van der Waals surface area (Å²) >= 11 is 0. The summed E-state index contributed by atoms with van der Waals surface area (Å²) in [5, 5.41) is 4.05. The van der Waals surface area contributed by atoms with E-state index in [2.05, 4.69) is 14.6 Å². The van der Waals surface area contributed by atoms with Crippen LogP contribution >= 0.6 is 0 Å². The molecule has 0 aliphatic heterocycles. The van der Waals surface area contributed by atoms with Crippen LogP contribution in [0.5, 0.6) is 11.5 Å². The number of aryl methyl sites for hydroxylation is 1. The number of ketones is 1. The van der Waals surface area contributed by atoms with Crippen LogP contribution in [-0.2, 0) is 23.5 Å². The summed E-state index contributed by atoms with van der Waals surface area (Å²) in [6, 6.07) is 11.8. The van der Waals surface area contributed by atoms with Crippen molar-refractivity contribution < 1.29 is 31.5 Å². The highest BCUT2D eigenvalue weighted by Gasteiger charge is 2.43. The molecule has 1 heterocycles. The Kier molecular flexibility index (Phi) is 7.03. The fourth-order valence-electron chi connectivity index (χ4n) is 4.11. The monoisotopic (exact) mass is 519 g/mol. The number of aromatic nitrogens is 2. The van der Waals surface area contributed by atoms with Crippen molar-refractivity contribution in [3.05, 3.63) is 66.0 Å². The maximum atomic E-state index is 13.2. The molecule has 1 aromatic heterocycles. The number of carbonyl (C=O) groups is 1. The Bertz CT molecular complexity index is 1370. The highest BCUT2D eigenvalue weighted by Crippen LogP contribution is 2.44. The number of rotatable bonds is 11. The lowest BCUT2D eigenvalue weighted by Gasteiger charge is -2.16. The van der Waals surface area contributed by atoms with Gasteiger partial charge in [-0.3, -0.25) is 14.2 Å². The Morgan fingerprint density at radius 3 is 2.67 bits per heavy atom. The van der Waals surface area contributed by atoms with Crippen molar-refractivity contribution in [2.75, 3.05) is 11.3 Å². The molecule has 0 spiro atoms. The van der Waals surface area contributed by atoms with E-state index in [1.807, 2.05) is 0 Å². The predicted molar refractivity (Wildman–Crippen MR) is 129 cm³/mol. The molecule has 2 atom stereocenters. The molecular weight excluding hydrogens is 492 g/mol. The van der Waals surface area contributed by atoms with Crippen molar-refractivity contribution in [3.63, 3.8) is 0 Å². The summed E-state index contributed by atoms with van der Waals surface area (Å²) in [4.78, 5) is 12.6. The third-order valence-corrected chi connectivity index (χ3v) is 7.23. The molecular formula is C25H27F2N3O5S. The third-order valence-electron chi connectivity index (χ3n) is 5.81. The van der Waals surface area contributed by atoms with Crippen molar-refractivity contribution in [1.82, 2.24) is 9.78 Å². The first kappa shape index (κ1) is 25.6. The van der Waals surface area contributed by atoms with Crippen LogP contribution in [0.3, 0.4) is 0 Å². The molecule has 3 aromatic rings. The Labute approximate surface area is 208 Å². The van der Waals surface area contributed by atoms with Crippen molar-refractivity contribution in [1.29, 1.82) is 0 Å². The number of ether oxygens (including phenoxy) is 2. The van der Waals surface area contributed by atoms with E-state index in [4.69, 9.17) is 4.74 Å². The number of alkyl halides is 2. The van der Waals surface area contributed by atoms with E-state index in [0.717, 1.165) is 12.0 Å². The maximum Gasteiger partial charge on any atom is 0.394 e. The molecule has 1 fully saturated rings. The number of hydrogen-bond acceptors (Lipinski definition) is 6. The topological polar surface area (TPSA) is 99.5 Å². The molecule has 11 heteroatoms. The summed E-state index contributed by atoms with van der Waals surface area (Å²) < 4.78 is 66.7. The Balaban J connectivity index is 1.49. The van der Waals surface area contributed by atoms with Crippen molar-refractivity contribution in [2.45, 2.75) is 37.7 Å². The van der Waals surface area contributed by atoms with Crippen LogP contribution in [-0.4, -0.2) is 36.7 Å². The van der Waals surface area contributed by atoms with Gasteiger partial charge in [-0.15, -0.1) is 0 Å². The third kappa shape index (κ3) is 6.01. The van der Waals surface area contributed by atoms with E-state index in [1.54, 1.807) is 43.0 Å². The van der Waals surface area contributed by atoms with Gasteiger partial charge in [0.1, 0.15) is 22.1 Å². The highest BCUT2D eigenvalue weighted by atomic mass is 32.2. The second-order valence-electron chi connectivity index (χ2n) is 8.77. The summed E-state index contributed by atoms with van der Waals surface area (Å²) in [7, 11) is -2.37. The zero-order chi connectivity index (χ0) is 26.1. The number of nitrogens with zero attached hydrogens (tertiary/aromatic N) is 2. The summed E-state index contributed by atoms with van der Waals surface area (Å²) in [5.41, 5.74) is 1.49. The number of halogens is 2. The Morgan fingerprint density at radius 2 is 2.00 bits per heavy atom. The van der Waals surface area contributed by atoms with Gasteiger partial charge < -0.3 is 9.47 Å². The van der Waals surface area contributed by atoms with Crippen LogP contribution < -0.4 is 14.2 Å². The lowest BCUT2D eigenvalue weighted by molar-refractivity contribution is -0.158.